The summed E-state index contributed by atoms with van der Waals surface area (Å²) in [6.45, 7) is 5.19. The Morgan fingerprint density at radius 3 is 2.44 bits per heavy atom. The Morgan fingerprint density at radius 2 is 1.94 bits per heavy atom. The van der Waals surface area contributed by atoms with Crippen molar-refractivity contribution >= 4 is 23.4 Å². The van der Waals surface area contributed by atoms with E-state index in [9.17, 15) is 9.59 Å². The van der Waals surface area contributed by atoms with Crippen molar-refractivity contribution in [3.8, 4) is 0 Å². The lowest BCUT2D eigenvalue weighted by molar-refractivity contribution is -0.151. The summed E-state index contributed by atoms with van der Waals surface area (Å²) in [4.78, 5) is 23.5. The zero-order valence-corrected chi connectivity index (χ0v) is 11.5. The Balaban J connectivity index is 3.04. The fourth-order valence-electron chi connectivity index (χ4n) is 1.98. The molecule has 0 bridgehead atoms. The van der Waals surface area contributed by atoms with Crippen LogP contribution in [0.1, 0.15) is 32.3 Å². The molecule has 0 aliphatic rings. The summed E-state index contributed by atoms with van der Waals surface area (Å²) in [7, 11) is 0. The number of benzene rings is 1. The van der Waals surface area contributed by atoms with Crippen LogP contribution in [0.3, 0.4) is 0 Å². The lowest BCUT2D eigenvalue weighted by Gasteiger charge is -2.21. The molecule has 0 heterocycles. The number of hydrogen-bond donors (Lipinski definition) is 0. The molecule has 0 N–H and O–H groups in total. The first-order valence-electron chi connectivity index (χ1n) is 5.90. The number of ketones is 1. The van der Waals surface area contributed by atoms with Crippen LogP contribution in [0.4, 0.5) is 0 Å². The van der Waals surface area contributed by atoms with Gasteiger partial charge in [0.1, 0.15) is 11.7 Å². The molecule has 2 unspecified atom stereocenters. The lowest BCUT2D eigenvalue weighted by atomic mass is 9.85. The number of hydrogen-bond acceptors (Lipinski definition) is 3. The molecule has 3 nitrogen and oxygen atoms in total. The fourth-order valence-corrected chi connectivity index (χ4v) is 2.29. The van der Waals surface area contributed by atoms with Gasteiger partial charge in [-0.3, -0.25) is 9.59 Å². The van der Waals surface area contributed by atoms with Gasteiger partial charge in [0.15, 0.2) is 0 Å². The maximum atomic E-state index is 11.8. The minimum atomic E-state index is -0.801. The molecule has 0 spiro atoms. The molecule has 98 valence electrons. The summed E-state index contributed by atoms with van der Waals surface area (Å²) in [6, 6.07) is 7.21. The number of carbonyl (C=O) groups is 2. The van der Waals surface area contributed by atoms with Crippen molar-refractivity contribution < 1.29 is 14.3 Å². The van der Waals surface area contributed by atoms with Crippen LogP contribution < -0.4 is 0 Å². The monoisotopic (exact) mass is 268 g/mol. The van der Waals surface area contributed by atoms with Crippen molar-refractivity contribution in [2.45, 2.75) is 26.7 Å². The van der Waals surface area contributed by atoms with Gasteiger partial charge in [-0.1, -0.05) is 36.7 Å². The molecule has 0 aromatic heterocycles. The third-order valence-corrected chi connectivity index (χ3v) is 3.22. The van der Waals surface area contributed by atoms with Crippen molar-refractivity contribution in [2.75, 3.05) is 6.61 Å². The van der Waals surface area contributed by atoms with Gasteiger partial charge >= 0.3 is 5.97 Å². The Kier molecular flexibility index (Phi) is 5.35. The molecule has 0 aliphatic heterocycles. The second kappa shape index (κ2) is 6.55. The molecule has 1 rings (SSSR count). The Bertz CT molecular complexity index is 442. The maximum absolute atomic E-state index is 11.8. The highest BCUT2D eigenvalue weighted by Crippen LogP contribution is 2.31. The maximum Gasteiger partial charge on any atom is 0.317 e. The fraction of sp³-hybridized carbons (Fsp3) is 0.429. The van der Waals surface area contributed by atoms with E-state index >= 15 is 0 Å². The second-order valence-electron chi connectivity index (χ2n) is 4.15. The van der Waals surface area contributed by atoms with Gasteiger partial charge < -0.3 is 4.74 Å². The van der Waals surface area contributed by atoms with Crippen LogP contribution in [0.5, 0.6) is 0 Å². The lowest BCUT2D eigenvalue weighted by Crippen LogP contribution is -2.29. The van der Waals surface area contributed by atoms with Crippen LogP contribution >= 0.6 is 11.6 Å². The van der Waals surface area contributed by atoms with E-state index in [4.69, 9.17) is 16.3 Å². The first-order valence-corrected chi connectivity index (χ1v) is 6.28. The van der Waals surface area contributed by atoms with Gasteiger partial charge in [-0.25, -0.2) is 0 Å². The van der Waals surface area contributed by atoms with Crippen LogP contribution in [0.2, 0.25) is 5.02 Å². The minimum absolute atomic E-state index is 0.208. The van der Waals surface area contributed by atoms with Crippen molar-refractivity contribution in [2.24, 2.45) is 5.92 Å². The Morgan fingerprint density at radius 1 is 1.33 bits per heavy atom. The zero-order chi connectivity index (χ0) is 13.7. The van der Waals surface area contributed by atoms with Gasteiger partial charge in [0.2, 0.25) is 0 Å². The highest BCUT2D eigenvalue weighted by molar-refractivity contribution is 6.31. The number of esters is 1. The van der Waals surface area contributed by atoms with E-state index in [1.807, 2.05) is 25.1 Å². The van der Waals surface area contributed by atoms with Crippen molar-refractivity contribution in [1.82, 2.24) is 0 Å². The van der Waals surface area contributed by atoms with Crippen LogP contribution in [-0.2, 0) is 14.3 Å². The molecular formula is C14H17ClO3. The first kappa shape index (κ1) is 14.7. The van der Waals surface area contributed by atoms with E-state index < -0.39 is 11.9 Å². The highest BCUT2D eigenvalue weighted by atomic mass is 35.5. The SMILES string of the molecule is CCOC(=O)C(C(C)=O)C(C)c1ccccc1Cl. The van der Waals surface area contributed by atoms with E-state index in [-0.39, 0.29) is 18.3 Å². The number of rotatable bonds is 5. The summed E-state index contributed by atoms with van der Waals surface area (Å²) in [5, 5.41) is 0.556. The third kappa shape index (κ3) is 3.33. The van der Waals surface area contributed by atoms with E-state index in [0.717, 1.165) is 5.56 Å². The van der Waals surface area contributed by atoms with E-state index in [0.29, 0.717) is 5.02 Å². The summed E-state index contributed by atoms with van der Waals surface area (Å²) in [5.74, 6) is -1.79. The Labute approximate surface area is 112 Å². The topological polar surface area (TPSA) is 43.4 Å². The first-order chi connectivity index (χ1) is 8.49. The van der Waals surface area contributed by atoms with Crippen molar-refractivity contribution in [3.05, 3.63) is 34.9 Å². The van der Waals surface area contributed by atoms with Gasteiger partial charge in [-0.15, -0.1) is 0 Å². The average molecular weight is 269 g/mol. The molecule has 1 aromatic carbocycles. The Hall–Kier alpha value is -1.35. The van der Waals surface area contributed by atoms with Crippen molar-refractivity contribution in [3.63, 3.8) is 0 Å². The van der Waals surface area contributed by atoms with Crippen LogP contribution in [0.25, 0.3) is 0 Å². The molecule has 0 fully saturated rings. The van der Waals surface area contributed by atoms with Crippen LogP contribution in [0, 0.1) is 5.92 Å². The molecule has 1 aromatic rings. The molecule has 0 saturated carbocycles. The summed E-state index contributed by atoms with van der Waals surface area (Å²) in [6.07, 6.45) is 0. The quantitative estimate of drug-likeness (QED) is 0.608. The molecule has 0 saturated heterocycles. The highest BCUT2D eigenvalue weighted by Gasteiger charge is 2.32. The standard InChI is InChI=1S/C14H17ClO3/c1-4-18-14(17)13(10(3)16)9(2)11-7-5-6-8-12(11)15/h5-9,13H,4H2,1-3H3. The summed E-state index contributed by atoms with van der Waals surface area (Å²) < 4.78 is 4.94. The minimum Gasteiger partial charge on any atom is -0.465 e. The van der Waals surface area contributed by atoms with E-state index in [1.165, 1.54) is 6.92 Å². The van der Waals surface area contributed by atoms with Gasteiger partial charge in [-0.2, -0.15) is 0 Å². The molecular weight excluding hydrogens is 252 g/mol. The molecule has 2 atom stereocenters. The average Bonchev–Trinajstić information content (AvgIpc) is 2.29. The zero-order valence-electron chi connectivity index (χ0n) is 10.8. The van der Waals surface area contributed by atoms with Crippen molar-refractivity contribution in [1.29, 1.82) is 0 Å². The van der Waals surface area contributed by atoms with Crippen LogP contribution in [-0.4, -0.2) is 18.4 Å². The van der Waals surface area contributed by atoms with Gasteiger partial charge in [0.25, 0.3) is 0 Å². The van der Waals surface area contributed by atoms with Gasteiger partial charge in [0, 0.05) is 10.9 Å². The molecule has 4 heteroatoms. The number of halogens is 1. The molecule has 0 aliphatic carbocycles. The number of carbonyl (C=O) groups excluding carboxylic acids is 2. The summed E-state index contributed by atoms with van der Waals surface area (Å²) >= 11 is 6.09. The van der Waals surface area contributed by atoms with E-state index in [2.05, 4.69) is 0 Å². The van der Waals surface area contributed by atoms with Crippen LogP contribution in [0.15, 0.2) is 24.3 Å². The third-order valence-electron chi connectivity index (χ3n) is 2.87. The normalized spacial score (nSPS) is 13.8. The molecule has 18 heavy (non-hydrogen) atoms. The van der Waals surface area contributed by atoms with Gasteiger partial charge in [-0.05, 0) is 25.5 Å². The molecule has 0 radical (unpaired) electrons. The summed E-state index contributed by atoms with van der Waals surface area (Å²) in [5.41, 5.74) is 0.785. The molecule has 0 amide bonds. The number of ether oxygens (including phenoxy) is 1. The predicted molar refractivity (Wildman–Crippen MR) is 70.7 cm³/mol. The van der Waals surface area contributed by atoms with E-state index in [1.54, 1.807) is 13.0 Å². The number of Topliss-reactive ketones (excluding diaryl/α,β-unsaturated/α-hetero) is 1. The predicted octanol–water partition coefficient (Wildman–Crippen LogP) is 3.21. The largest absolute Gasteiger partial charge is 0.465 e. The van der Waals surface area contributed by atoms with Gasteiger partial charge in [0.05, 0.1) is 6.61 Å². The second-order valence-corrected chi connectivity index (χ2v) is 4.56. The smallest absolute Gasteiger partial charge is 0.317 e.